The number of fused-ring (bicyclic) bond motifs is 4. The van der Waals surface area contributed by atoms with Crippen LogP contribution in [0, 0.1) is 0 Å². The second-order valence-corrected chi connectivity index (χ2v) is 8.77. The molecule has 0 bridgehead atoms. The largest absolute Gasteiger partial charge is 0.496 e. The number of rotatable bonds is 4. The second kappa shape index (κ2) is 6.78. The lowest BCUT2D eigenvalue weighted by atomic mass is 10.0. The molecule has 0 aliphatic heterocycles. The zero-order valence-electron chi connectivity index (χ0n) is 16.5. The number of methoxy groups -OCH3 is 2. The number of aromatic nitrogens is 1. The van der Waals surface area contributed by atoms with E-state index in [1.807, 2.05) is 48.5 Å². The number of benzene rings is 4. The van der Waals surface area contributed by atoms with Gasteiger partial charge in [-0.15, -0.1) is 0 Å². The van der Waals surface area contributed by atoms with Gasteiger partial charge in [-0.05, 0) is 42.5 Å². The average Bonchev–Trinajstić information content (AvgIpc) is 3.11. The van der Waals surface area contributed by atoms with Crippen LogP contribution in [0.3, 0.4) is 0 Å². The highest BCUT2D eigenvalue weighted by molar-refractivity contribution is 7.90. The molecule has 0 unspecified atom stereocenters. The Bertz CT molecular complexity index is 1520. The first kappa shape index (κ1) is 18.5. The molecule has 0 radical (unpaired) electrons. The van der Waals surface area contributed by atoms with Crippen LogP contribution in [0.4, 0.5) is 0 Å². The molecular weight excluding hydrogens is 398 g/mol. The van der Waals surface area contributed by atoms with Gasteiger partial charge in [0.1, 0.15) is 11.5 Å². The van der Waals surface area contributed by atoms with Gasteiger partial charge in [-0.2, -0.15) is 0 Å². The van der Waals surface area contributed by atoms with Crippen molar-refractivity contribution in [2.75, 3.05) is 14.2 Å². The molecule has 0 amide bonds. The number of hydrogen-bond acceptors (Lipinski definition) is 4. The molecule has 1 heterocycles. The van der Waals surface area contributed by atoms with E-state index in [0.717, 1.165) is 21.5 Å². The first-order chi connectivity index (χ1) is 14.6. The van der Waals surface area contributed by atoms with Crippen molar-refractivity contribution in [1.29, 1.82) is 0 Å². The molecule has 30 heavy (non-hydrogen) atoms. The van der Waals surface area contributed by atoms with Gasteiger partial charge < -0.3 is 9.47 Å². The van der Waals surface area contributed by atoms with Crippen molar-refractivity contribution in [2.45, 2.75) is 4.90 Å². The molecule has 0 aliphatic carbocycles. The Kier molecular flexibility index (Phi) is 4.18. The summed E-state index contributed by atoms with van der Waals surface area (Å²) >= 11 is 0. The summed E-state index contributed by atoms with van der Waals surface area (Å²) in [4.78, 5) is 0.241. The van der Waals surface area contributed by atoms with E-state index < -0.39 is 10.0 Å². The Balaban J connectivity index is 1.99. The van der Waals surface area contributed by atoms with E-state index in [2.05, 4.69) is 0 Å². The number of hydrogen-bond donors (Lipinski definition) is 0. The monoisotopic (exact) mass is 417 g/mol. The van der Waals surface area contributed by atoms with E-state index in [0.29, 0.717) is 22.5 Å². The van der Waals surface area contributed by atoms with Crippen LogP contribution in [0.1, 0.15) is 0 Å². The number of ether oxygens (including phenoxy) is 2. The lowest BCUT2D eigenvalue weighted by Crippen LogP contribution is -2.12. The third-order valence-electron chi connectivity index (χ3n) is 5.41. The summed E-state index contributed by atoms with van der Waals surface area (Å²) in [6.07, 6.45) is 0. The smallest absolute Gasteiger partial charge is 0.268 e. The maximum absolute atomic E-state index is 13.6. The van der Waals surface area contributed by atoms with Gasteiger partial charge in [0.25, 0.3) is 10.0 Å². The van der Waals surface area contributed by atoms with E-state index in [1.165, 1.54) is 3.97 Å². The number of para-hydroxylation sites is 1. The molecule has 0 saturated carbocycles. The summed E-state index contributed by atoms with van der Waals surface area (Å²) in [5.74, 6) is 1.36. The van der Waals surface area contributed by atoms with Crippen molar-refractivity contribution in [3.8, 4) is 11.5 Å². The molecule has 5 aromatic rings. The number of nitrogens with zero attached hydrogens (tertiary/aromatic N) is 1. The Morgan fingerprint density at radius 1 is 0.633 bits per heavy atom. The van der Waals surface area contributed by atoms with Crippen molar-refractivity contribution in [1.82, 2.24) is 3.97 Å². The van der Waals surface area contributed by atoms with E-state index in [4.69, 9.17) is 9.47 Å². The minimum Gasteiger partial charge on any atom is -0.496 e. The van der Waals surface area contributed by atoms with Gasteiger partial charge in [0.15, 0.2) is 0 Å². The van der Waals surface area contributed by atoms with Crippen LogP contribution in [0.25, 0.3) is 32.6 Å². The van der Waals surface area contributed by atoms with Crippen LogP contribution in [0.2, 0.25) is 0 Å². The van der Waals surface area contributed by atoms with Gasteiger partial charge in [-0.25, -0.2) is 12.4 Å². The third kappa shape index (κ3) is 2.57. The summed E-state index contributed by atoms with van der Waals surface area (Å²) < 4.78 is 39.8. The highest BCUT2D eigenvalue weighted by atomic mass is 32.2. The molecule has 4 aromatic carbocycles. The molecule has 5 nitrogen and oxygen atoms in total. The Hall–Kier alpha value is -3.51. The Morgan fingerprint density at radius 2 is 1.23 bits per heavy atom. The van der Waals surface area contributed by atoms with Crippen LogP contribution in [-0.2, 0) is 10.0 Å². The van der Waals surface area contributed by atoms with Crippen molar-refractivity contribution in [3.63, 3.8) is 0 Å². The maximum atomic E-state index is 13.6. The molecular formula is C24H19NO4S. The quantitative estimate of drug-likeness (QED) is 0.403. The highest BCUT2D eigenvalue weighted by Crippen LogP contribution is 2.40. The van der Waals surface area contributed by atoms with Gasteiger partial charge in [0, 0.05) is 21.5 Å². The van der Waals surface area contributed by atoms with Crippen molar-refractivity contribution < 1.29 is 17.9 Å². The van der Waals surface area contributed by atoms with Crippen LogP contribution >= 0.6 is 0 Å². The van der Waals surface area contributed by atoms with Gasteiger partial charge in [-0.3, -0.25) is 0 Å². The van der Waals surface area contributed by atoms with Gasteiger partial charge >= 0.3 is 0 Å². The molecule has 0 spiro atoms. The van der Waals surface area contributed by atoms with Crippen molar-refractivity contribution in [3.05, 3.63) is 78.9 Å². The fourth-order valence-corrected chi connectivity index (χ4v) is 5.57. The molecule has 6 heteroatoms. The van der Waals surface area contributed by atoms with E-state index in [-0.39, 0.29) is 4.90 Å². The zero-order valence-corrected chi connectivity index (χ0v) is 17.3. The topological polar surface area (TPSA) is 57.5 Å². The fraction of sp³-hybridized carbons (Fsp3) is 0.0833. The molecule has 1 aromatic heterocycles. The molecule has 150 valence electrons. The first-order valence-corrected chi connectivity index (χ1v) is 10.9. The van der Waals surface area contributed by atoms with E-state index in [1.54, 1.807) is 44.6 Å². The maximum Gasteiger partial charge on any atom is 0.268 e. The zero-order chi connectivity index (χ0) is 20.9. The predicted octanol–water partition coefficient (Wildman–Crippen LogP) is 5.20. The summed E-state index contributed by atoms with van der Waals surface area (Å²) in [5, 5.41) is 3.35. The average molecular weight is 417 g/mol. The van der Waals surface area contributed by atoms with E-state index in [9.17, 15) is 8.42 Å². The SMILES string of the molecule is COc1ccc(OC)c2cc3c(cc12)c1ccccc1n3S(=O)(=O)c1ccccc1. The first-order valence-electron chi connectivity index (χ1n) is 9.45. The minimum absolute atomic E-state index is 0.241. The summed E-state index contributed by atoms with van der Waals surface area (Å²) in [5.41, 5.74) is 1.23. The lowest BCUT2D eigenvalue weighted by molar-refractivity contribution is 0.410. The van der Waals surface area contributed by atoms with Crippen LogP contribution < -0.4 is 9.47 Å². The molecule has 5 rings (SSSR count). The molecule has 0 fully saturated rings. The van der Waals surface area contributed by atoms with Gasteiger partial charge in [-0.1, -0.05) is 36.4 Å². The van der Waals surface area contributed by atoms with Crippen LogP contribution in [-0.4, -0.2) is 26.6 Å². The van der Waals surface area contributed by atoms with Crippen LogP contribution in [0.15, 0.2) is 83.8 Å². The van der Waals surface area contributed by atoms with Crippen molar-refractivity contribution in [2.24, 2.45) is 0 Å². The third-order valence-corrected chi connectivity index (χ3v) is 7.15. The Morgan fingerprint density at radius 3 is 1.90 bits per heavy atom. The standard InChI is InChI=1S/C24H19NO4S/c1-28-23-12-13-24(29-2)20-15-22-18(14-19(20)23)17-10-6-7-11-21(17)25(22)30(26,27)16-8-4-3-5-9-16/h3-15H,1-2H3. The summed E-state index contributed by atoms with van der Waals surface area (Å²) in [7, 11) is -0.590. The fourth-order valence-electron chi connectivity index (χ4n) is 4.03. The minimum atomic E-state index is -3.81. The Labute approximate surface area is 174 Å². The lowest BCUT2D eigenvalue weighted by Gasteiger charge is -2.12. The highest BCUT2D eigenvalue weighted by Gasteiger charge is 2.24. The molecule has 0 aliphatic rings. The molecule has 0 saturated heterocycles. The predicted molar refractivity (Wildman–Crippen MR) is 119 cm³/mol. The summed E-state index contributed by atoms with van der Waals surface area (Å²) in [6.45, 7) is 0. The van der Waals surface area contributed by atoms with Crippen LogP contribution in [0.5, 0.6) is 11.5 Å². The summed E-state index contributed by atoms with van der Waals surface area (Å²) in [6, 6.07) is 23.5. The van der Waals surface area contributed by atoms with Crippen molar-refractivity contribution >= 4 is 42.6 Å². The van der Waals surface area contributed by atoms with Gasteiger partial charge in [0.05, 0.1) is 30.1 Å². The molecule has 0 N–H and O–H groups in total. The normalized spacial score (nSPS) is 11.9. The molecule has 0 atom stereocenters. The second-order valence-electron chi connectivity index (χ2n) is 6.98. The van der Waals surface area contributed by atoms with E-state index >= 15 is 0 Å². The van der Waals surface area contributed by atoms with Gasteiger partial charge in [0.2, 0.25) is 0 Å².